The average molecular weight is 750 g/mol. The number of aliphatic imine (C=N–C) groups is 1. The van der Waals surface area contributed by atoms with Crippen LogP contribution in [0.1, 0.15) is 47.7 Å². The summed E-state index contributed by atoms with van der Waals surface area (Å²) in [7, 11) is 0. The number of nitrogens with zero attached hydrogens (tertiary/aromatic N) is 3. The van der Waals surface area contributed by atoms with E-state index in [1.807, 2.05) is 84.9 Å². The van der Waals surface area contributed by atoms with Gasteiger partial charge >= 0.3 is 5.97 Å². The molecule has 1 fully saturated rings. The lowest BCUT2D eigenvalue weighted by Gasteiger charge is -2.45. The predicted octanol–water partition coefficient (Wildman–Crippen LogP) is 7.62. The van der Waals surface area contributed by atoms with Gasteiger partial charge in [-0.25, -0.2) is 9.86 Å². The molecule has 4 unspecified atom stereocenters. The molecule has 0 aliphatic carbocycles. The Morgan fingerprint density at radius 1 is 1.02 bits per heavy atom. The van der Waals surface area contributed by atoms with Crippen LogP contribution in [0.5, 0.6) is 0 Å². The number of halogens is 4. The van der Waals surface area contributed by atoms with Crippen molar-refractivity contribution in [2.24, 2.45) is 4.99 Å². The first-order valence-electron chi connectivity index (χ1n) is 15.2. The van der Waals surface area contributed by atoms with E-state index in [0.717, 1.165) is 34.6 Å². The van der Waals surface area contributed by atoms with Crippen LogP contribution in [0, 0.1) is 0 Å². The van der Waals surface area contributed by atoms with Crippen LogP contribution >= 0.6 is 58.2 Å². The number of thioether (sulfide) groups is 1. The van der Waals surface area contributed by atoms with Gasteiger partial charge in [0.1, 0.15) is 23.1 Å². The number of fused-ring (bicyclic) bond motifs is 1. The predicted molar refractivity (Wildman–Crippen MR) is 191 cm³/mol. The minimum absolute atomic E-state index is 0.0861. The fraction of sp³-hybridized carbons (Fsp3) is 0.314. The first-order valence-corrected chi connectivity index (χ1v) is 17.7. The van der Waals surface area contributed by atoms with E-state index in [1.54, 1.807) is 0 Å². The fourth-order valence-electron chi connectivity index (χ4n) is 5.59. The third-order valence-electron chi connectivity index (χ3n) is 7.86. The number of aryl methyl sites for hydroxylation is 1. The number of β-lactam (4-membered cyclic amide) rings is 1. The number of ether oxygens (including phenoxy) is 1. The van der Waals surface area contributed by atoms with Gasteiger partial charge < -0.3 is 9.64 Å². The number of carbonyl (C=O) groups excluding carboxylic acids is 3. The molecular weight excluding hydrogens is 716 g/mol. The van der Waals surface area contributed by atoms with E-state index in [9.17, 15) is 14.4 Å². The van der Waals surface area contributed by atoms with Crippen LogP contribution in [0.3, 0.4) is 0 Å². The second-order valence-corrected chi connectivity index (χ2v) is 15.2. The largest absolute Gasteiger partial charge is 0.451 e. The maximum absolute atomic E-state index is 14.0. The lowest BCUT2D eigenvalue weighted by molar-refractivity contribution is -0.178. The van der Waals surface area contributed by atoms with Crippen molar-refractivity contribution in [2.45, 2.75) is 53.2 Å². The molecule has 0 radical (unpaired) electrons. The number of carbonyl (C=O) groups is 3. The van der Waals surface area contributed by atoms with Crippen molar-refractivity contribution >= 4 is 81.5 Å². The van der Waals surface area contributed by atoms with Crippen LogP contribution in [0.25, 0.3) is 0 Å². The van der Waals surface area contributed by atoms with E-state index in [-0.39, 0.29) is 5.88 Å². The number of hydrogen-bond acceptors (Lipinski definition) is 7. The quantitative estimate of drug-likeness (QED) is 0.0397. The van der Waals surface area contributed by atoms with Crippen molar-refractivity contribution in [3.63, 3.8) is 0 Å². The zero-order chi connectivity index (χ0) is 34.4. The van der Waals surface area contributed by atoms with Crippen molar-refractivity contribution in [1.29, 1.82) is 0 Å². The van der Waals surface area contributed by atoms with Gasteiger partial charge in [-0.05, 0) is 34.2 Å². The van der Waals surface area contributed by atoms with Crippen molar-refractivity contribution in [3.8, 4) is 0 Å². The topological polar surface area (TPSA) is 88.5 Å². The van der Waals surface area contributed by atoms with Crippen molar-refractivity contribution in [1.82, 2.24) is 9.96 Å². The smallest absolute Gasteiger partial charge is 0.334 e. The second-order valence-electron chi connectivity index (χ2n) is 11.2. The normalized spacial score (nSPS) is 18.4. The molecule has 4 atom stereocenters. The van der Waals surface area contributed by atoms with E-state index < -0.39 is 51.9 Å². The number of likely N-dealkylation sites (tertiary alicyclic amines) is 1. The molecule has 8 nitrogen and oxygen atoms in total. The number of hydrogen-bond donors (Lipinski definition) is 0. The van der Waals surface area contributed by atoms with Crippen LogP contribution in [0.2, 0.25) is 0 Å². The van der Waals surface area contributed by atoms with Crippen LogP contribution in [0.4, 0.5) is 0 Å². The van der Waals surface area contributed by atoms with Crippen LogP contribution in [-0.4, -0.2) is 67.0 Å². The van der Waals surface area contributed by atoms with Gasteiger partial charge in [0.15, 0.2) is 18.2 Å². The third kappa shape index (κ3) is 8.21. The summed E-state index contributed by atoms with van der Waals surface area (Å²) < 4.78 is 4.35. The molecule has 2 amide bonds. The summed E-state index contributed by atoms with van der Waals surface area (Å²) in [6.45, 7) is 5.70. The van der Waals surface area contributed by atoms with Gasteiger partial charge in [0.2, 0.25) is 10.2 Å². The Balaban J connectivity index is 1.43. The Hall–Kier alpha value is -3.05. The van der Waals surface area contributed by atoms with Crippen LogP contribution < -0.4 is 0 Å². The molecule has 2 aliphatic rings. The summed E-state index contributed by atoms with van der Waals surface area (Å²) in [6.07, 6.45) is 1.59. The molecule has 2 aliphatic heterocycles. The maximum atomic E-state index is 14.0. The summed E-state index contributed by atoms with van der Waals surface area (Å²) in [5, 5.41) is 0.839. The molecule has 252 valence electrons. The van der Waals surface area contributed by atoms with Gasteiger partial charge in [-0.15, -0.1) is 11.6 Å². The maximum Gasteiger partial charge on any atom is 0.334 e. The lowest BCUT2D eigenvalue weighted by Crippen LogP contribution is -2.66. The fourth-order valence-corrected chi connectivity index (χ4v) is 7.32. The number of esters is 1. The zero-order valence-corrected chi connectivity index (χ0v) is 29.7. The number of benzene rings is 3. The molecule has 0 aromatic heterocycles. The number of hydroxylamine groups is 2. The molecule has 2 heterocycles. The van der Waals surface area contributed by atoms with Gasteiger partial charge in [-0.3, -0.25) is 19.4 Å². The molecule has 1 saturated heterocycles. The molecule has 0 saturated carbocycles. The summed E-state index contributed by atoms with van der Waals surface area (Å²) in [5.74, 6) is -1.16. The molecule has 0 N–H and O–H groups in total. The van der Waals surface area contributed by atoms with E-state index in [2.05, 4.69) is 13.5 Å². The first-order chi connectivity index (χ1) is 23.1. The molecule has 3 aromatic carbocycles. The molecular formula is C35H33Cl4N3O5S. The Bertz CT molecular complexity index is 1600. The molecule has 0 bridgehead atoms. The highest BCUT2D eigenvalue weighted by Crippen LogP contribution is 2.46. The minimum Gasteiger partial charge on any atom is -0.451 e. The monoisotopic (exact) mass is 747 g/mol. The summed E-state index contributed by atoms with van der Waals surface area (Å²) >= 11 is 25.3. The summed E-state index contributed by atoms with van der Waals surface area (Å²) in [6, 6.07) is 23.5. The third-order valence-corrected chi connectivity index (χ3v) is 9.83. The number of rotatable bonds is 15. The summed E-state index contributed by atoms with van der Waals surface area (Å²) in [5.41, 5.74) is 3.61. The Morgan fingerprint density at radius 3 is 2.15 bits per heavy atom. The molecule has 48 heavy (non-hydrogen) atoms. The second kappa shape index (κ2) is 16.1. The lowest BCUT2D eigenvalue weighted by atomic mass is 9.98. The Kier molecular flexibility index (Phi) is 12.2. The van der Waals surface area contributed by atoms with E-state index >= 15 is 0 Å². The standard InChI is InChI=1S/C35H33Cl4N3O5S/c1-3-10-23-15-17-24(18-16-23)29(41(21-43)46-20-35(37,38)39)31-40-27-32(44)42(33(27)48-31)28(22(2)19-36)34(45)47-30(25-11-6-4-7-12-25)26-13-8-5-9-14-26/h4-9,11-18,21,27-30,33H,2-3,10,19-20H2,1H3. The highest BCUT2D eigenvalue weighted by Gasteiger charge is 2.58. The van der Waals surface area contributed by atoms with Crippen molar-refractivity contribution < 1.29 is 24.0 Å². The number of amides is 2. The van der Waals surface area contributed by atoms with Gasteiger partial charge in [0.05, 0.1) is 0 Å². The van der Waals surface area contributed by atoms with E-state index in [4.69, 9.17) is 61.0 Å². The van der Waals surface area contributed by atoms with Crippen LogP contribution in [0.15, 0.2) is 102 Å². The Morgan fingerprint density at radius 2 is 1.62 bits per heavy atom. The minimum atomic E-state index is -1.79. The van der Waals surface area contributed by atoms with Crippen LogP contribution in [-0.2, 0) is 30.4 Å². The highest BCUT2D eigenvalue weighted by molar-refractivity contribution is 8.15. The molecule has 0 spiro atoms. The van der Waals surface area contributed by atoms with E-state index in [1.165, 1.54) is 16.7 Å². The Labute approximate surface area is 303 Å². The molecule has 13 heteroatoms. The molecule has 5 rings (SSSR count). The van der Waals surface area contributed by atoms with Gasteiger partial charge in [0, 0.05) is 5.88 Å². The molecule has 3 aromatic rings. The zero-order valence-electron chi connectivity index (χ0n) is 25.9. The highest BCUT2D eigenvalue weighted by atomic mass is 35.6. The van der Waals surface area contributed by atoms with E-state index in [0.29, 0.717) is 22.6 Å². The average Bonchev–Trinajstić information content (AvgIpc) is 3.48. The number of alkyl halides is 4. The van der Waals surface area contributed by atoms with Gasteiger partial charge in [-0.2, -0.15) is 0 Å². The summed E-state index contributed by atoms with van der Waals surface area (Å²) in [4.78, 5) is 51.9. The van der Waals surface area contributed by atoms with Crippen molar-refractivity contribution in [3.05, 3.63) is 119 Å². The van der Waals surface area contributed by atoms with Crippen molar-refractivity contribution in [2.75, 3.05) is 12.5 Å². The SMILES string of the molecule is C=C(CCl)C(C(=O)OC(c1ccccc1)c1ccccc1)N1C(=O)C2N=C(C(c3ccc(CCC)cc3)N(C=O)OCC(Cl)(Cl)Cl)SC21. The first kappa shape index (κ1) is 36.2. The van der Waals surface area contributed by atoms with Gasteiger partial charge in [0.25, 0.3) is 5.91 Å². The van der Waals surface area contributed by atoms with Gasteiger partial charge in [-0.1, -0.05) is 151 Å².